The lowest BCUT2D eigenvalue weighted by molar-refractivity contribution is 0.0997. The van der Waals surface area contributed by atoms with E-state index in [1.807, 2.05) is 51.1 Å². The number of primary amides is 1. The first-order chi connectivity index (χ1) is 11.8. The molecular weight excluding hydrogens is 318 g/mol. The predicted molar refractivity (Wildman–Crippen MR) is 94.9 cm³/mol. The van der Waals surface area contributed by atoms with E-state index in [1.54, 1.807) is 9.58 Å². The van der Waals surface area contributed by atoms with Crippen LogP contribution in [-0.2, 0) is 13.1 Å². The van der Waals surface area contributed by atoms with Crippen LogP contribution in [0.2, 0.25) is 0 Å². The van der Waals surface area contributed by atoms with Crippen molar-refractivity contribution in [3.8, 4) is 11.3 Å². The second-order valence-corrected chi connectivity index (χ2v) is 7.23. The highest BCUT2D eigenvalue weighted by atomic mass is 16.2. The highest BCUT2D eigenvalue weighted by Gasteiger charge is 2.30. The van der Waals surface area contributed by atoms with Crippen molar-refractivity contribution in [2.24, 2.45) is 5.73 Å². The Hall–Kier alpha value is -2.83. The summed E-state index contributed by atoms with van der Waals surface area (Å²) in [6, 6.07) is 9.32. The lowest BCUT2D eigenvalue weighted by Gasteiger charge is -2.31. The van der Waals surface area contributed by atoms with Crippen LogP contribution in [0, 0.1) is 0 Å². The monoisotopic (exact) mass is 341 g/mol. The average molecular weight is 341 g/mol. The van der Waals surface area contributed by atoms with Gasteiger partial charge in [-0.1, -0.05) is 30.3 Å². The zero-order valence-corrected chi connectivity index (χ0v) is 14.7. The van der Waals surface area contributed by atoms with Gasteiger partial charge in [0, 0.05) is 17.6 Å². The van der Waals surface area contributed by atoms with Crippen LogP contribution in [0.3, 0.4) is 0 Å². The Morgan fingerprint density at radius 3 is 2.44 bits per heavy atom. The minimum atomic E-state index is -0.529. The highest BCUT2D eigenvalue weighted by Crippen LogP contribution is 2.28. The number of nitrogens with two attached hydrogens (primary N) is 1. The first-order valence-electron chi connectivity index (χ1n) is 8.28. The molecule has 1 aromatic carbocycles. The summed E-state index contributed by atoms with van der Waals surface area (Å²) in [6.45, 7) is 7.16. The van der Waals surface area contributed by atoms with Crippen LogP contribution in [-0.4, -0.2) is 38.7 Å². The van der Waals surface area contributed by atoms with E-state index in [1.165, 1.54) is 0 Å². The van der Waals surface area contributed by atoms with Gasteiger partial charge in [-0.25, -0.2) is 4.79 Å². The zero-order valence-electron chi connectivity index (χ0n) is 14.7. The van der Waals surface area contributed by atoms with Crippen molar-refractivity contribution in [1.29, 1.82) is 0 Å². The first-order valence-corrected chi connectivity index (χ1v) is 8.28. The van der Waals surface area contributed by atoms with Crippen molar-refractivity contribution >= 4 is 11.9 Å². The van der Waals surface area contributed by atoms with Gasteiger partial charge in [0.15, 0.2) is 0 Å². The average Bonchev–Trinajstić information content (AvgIpc) is 2.92. The smallest absolute Gasteiger partial charge is 0.318 e. The molecule has 0 saturated carbocycles. The number of amides is 3. The molecule has 2 aromatic rings. The second-order valence-electron chi connectivity index (χ2n) is 7.23. The highest BCUT2D eigenvalue weighted by molar-refractivity contribution is 6.00. The number of hydrogen-bond acceptors (Lipinski definition) is 3. The van der Waals surface area contributed by atoms with Gasteiger partial charge in [-0.05, 0) is 20.8 Å². The van der Waals surface area contributed by atoms with Crippen LogP contribution in [0.5, 0.6) is 0 Å². The maximum absolute atomic E-state index is 12.5. The number of carbonyl (C=O) groups excluding carboxylic acids is 2. The fourth-order valence-electron chi connectivity index (χ4n) is 2.95. The van der Waals surface area contributed by atoms with Crippen LogP contribution in [0.1, 0.15) is 36.8 Å². The molecule has 7 nitrogen and oxygen atoms in total. The van der Waals surface area contributed by atoms with E-state index in [2.05, 4.69) is 10.4 Å². The summed E-state index contributed by atoms with van der Waals surface area (Å²) in [4.78, 5) is 26.2. The molecule has 2 heterocycles. The Morgan fingerprint density at radius 1 is 1.16 bits per heavy atom. The molecule has 7 heteroatoms. The Bertz CT molecular complexity index is 805. The first kappa shape index (κ1) is 17.0. The van der Waals surface area contributed by atoms with E-state index < -0.39 is 5.91 Å². The van der Waals surface area contributed by atoms with Crippen molar-refractivity contribution in [2.45, 2.75) is 39.4 Å². The quantitative estimate of drug-likeness (QED) is 0.874. The number of fused-ring (bicyclic) bond motifs is 1. The largest absolute Gasteiger partial charge is 0.365 e. The van der Waals surface area contributed by atoms with E-state index in [-0.39, 0.29) is 11.6 Å². The number of aromatic nitrogens is 2. The maximum atomic E-state index is 12.5. The van der Waals surface area contributed by atoms with Gasteiger partial charge in [-0.3, -0.25) is 9.48 Å². The van der Waals surface area contributed by atoms with E-state index in [4.69, 9.17) is 5.73 Å². The molecule has 0 aliphatic carbocycles. The summed E-state index contributed by atoms with van der Waals surface area (Å²) in [5.41, 5.74) is 7.79. The van der Waals surface area contributed by atoms with Crippen LogP contribution in [0.25, 0.3) is 11.3 Å². The zero-order chi connectivity index (χ0) is 18.2. The van der Waals surface area contributed by atoms with E-state index >= 15 is 0 Å². The number of carbonyl (C=O) groups is 2. The van der Waals surface area contributed by atoms with Gasteiger partial charge in [0.25, 0.3) is 5.91 Å². The molecule has 1 aliphatic heterocycles. The predicted octanol–water partition coefficient (Wildman–Crippen LogP) is 1.97. The third-order valence-electron chi connectivity index (χ3n) is 4.04. The molecular formula is C18H23N5O2. The standard InChI is InChI=1S/C18H23N5O2/c1-18(2,3)20-17(25)22-9-10-23-13(11-22)14(16(19)24)15(21-23)12-7-5-4-6-8-12/h4-8H,9-11H2,1-3H3,(H2,19,24)(H,20,25). The number of rotatable bonds is 2. The van der Waals surface area contributed by atoms with Gasteiger partial charge in [-0.15, -0.1) is 0 Å². The van der Waals surface area contributed by atoms with Crippen molar-refractivity contribution in [1.82, 2.24) is 20.0 Å². The summed E-state index contributed by atoms with van der Waals surface area (Å²) in [7, 11) is 0. The van der Waals surface area contributed by atoms with Gasteiger partial charge >= 0.3 is 6.03 Å². The fourth-order valence-corrected chi connectivity index (χ4v) is 2.95. The second kappa shape index (κ2) is 6.23. The molecule has 3 rings (SSSR count). The Balaban J connectivity index is 1.95. The normalized spacial score (nSPS) is 14.1. The van der Waals surface area contributed by atoms with Crippen molar-refractivity contribution in [3.05, 3.63) is 41.6 Å². The van der Waals surface area contributed by atoms with E-state index in [0.717, 1.165) is 5.56 Å². The molecule has 1 aromatic heterocycles. The molecule has 0 fully saturated rings. The van der Waals surface area contributed by atoms with Crippen molar-refractivity contribution in [3.63, 3.8) is 0 Å². The Labute approximate surface area is 146 Å². The summed E-state index contributed by atoms with van der Waals surface area (Å²) in [5, 5.41) is 7.52. The van der Waals surface area contributed by atoms with Crippen LogP contribution in [0.4, 0.5) is 4.79 Å². The minimum Gasteiger partial charge on any atom is -0.365 e. The van der Waals surface area contributed by atoms with Gasteiger partial charge in [0.2, 0.25) is 0 Å². The SMILES string of the molecule is CC(C)(C)NC(=O)N1CCn2nc(-c3ccccc3)c(C(N)=O)c2C1. The number of nitrogens with zero attached hydrogens (tertiary/aromatic N) is 3. The molecule has 1 aliphatic rings. The van der Waals surface area contributed by atoms with Gasteiger partial charge < -0.3 is 16.0 Å². The van der Waals surface area contributed by atoms with Crippen LogP contribution >= 0.6 is 0 Å². The molecule has 0 unspecified atom stereocenters. The topological polar surface area (TPSA) is 93.2 Å². The minimum absolute atomic E-state index is 0.156. The maximum Gasteiger partial charge on any atom is 0.318 e. The van der Waals surface area contributed by atoms with Crippen LogP contribution < -0.4 is 11.1 Å². The molecule has 132 valence electrons. The third kappa shape index (κ3) is 3.50. The molecule has 0 bridgehead atoms. The molecule has 0 radical (unpaired) electrons. The Kier molecular flexibility index (Phi) is 4.24. The van der Waals surface area contributed by atoms with E-state index in [0.29, 0.717) is 36.6 Å². The van der Waals surface area contributed by atoms with Gasteiger partial charge in [0.05, 0.1) is 24.3 Å². The van der Waals surface area contributed by atoms with Crippen LogP contribution in [0.15, 0.2) is 30.3 Å². The van der Waals surface area contributed by atoms with Crippen molar-refractivity contribution < 1.29 is 9.59 Å². The summed E-state index contributed by atoms with van der Waals surface area (Å²) >= 11 is 0. The molecule has 25 heavy (non-hydrogen) atoms. The molecule has 3 amide bonds. The number of benzene rings is 1. The third-order valence-corrected chi connectivity index (χ3v) is 4.04. The van der Waals surface area contributed by atoms with Gasteiger partial charge in [-0.2, -0.15) is 5.10 Å². The molecule has 0 saturated heterocycles. The number of nitrogens with one attached hydrogen (secondary N) is 1. The van der Waals surface area contributed by atoms with Crippen molar-refractivity contribution in [2.75, 3.05) is 6.54 Å². The Morgan fingerprint density at radius 2 is 1.84 bits per heavy atom. The molecule has 0 atom stereocenters. The number of urea groups is 1. The molecule has 3 N–H and O–H groups in total. The summed E-state index contributed by atoms with van der Waals surface area (Å²) in [6.07, 6.45) is 0. The fraction of sp³-hybridized carbons (Fsp3) is 0.389. The summed E-state index contributed by atoms with van der Waals surface area (Å²) < 4.78 is 1.78. The van der Waals surface area contributed by atoms with E-state index in [9.17, 15) is 9.59 Å². The number of hydrogen-bond donors (Lipinski definition) is 2. The molecule has 0 spiro atoms. The summed E-state index contributed by atoms with van der Waals surface area (Å²) in [5.74, 6) is -0.529. The van der Waals surface area contributed by atoms with Gasteiger partial charge in [0.1, 0.15) is 5.69 Å². The lowest BCUT2D eigenvalue weighted by atomic mass is 10.0. The lowest BCUT2D eigenvalue weighted by Crippen LogP contribution is -2.50.